The summed E-state index contributed by atoms with van der Waals surface area (Å²) in [5, 5.41) is 2.94. The minimum atomic E-state index is -0.0764. The molecule has 1 heteroatoms. The van der Waals surface area contributed by atoms with Gasteiger partial charge in [-0.15, -0.1) is 0 Å². The summed E-state index contributed by atoms with van der Waals surface area (Å²) in [5.74, 6) is 0. The molecule has 0 bridgehead atoms. The molecule has 6 heavy (non-hydrogen) atoms. The first-order chi connectivity index (χ1) is 3.29. The summed E-state index contributed by atoms with van der Waals surface area (Å²) < 4.78 is 7.09. The summed E-state index contributed by atoms with van der Waals surface area (Å²) in [7, 11) is 0. The Morgan fingerprint density at radius 1 is 2.00 bits per heavy atom. The number of rotatable bonds is 0. The van der Waals surface area contributed by atoms with E-state index in [0.29, 0.717) is 0 Å². The Balaban J connectivity index is 2.40. The van der Waals surface area contributed by atoms with Crippen molar-refractivity contribution in [2.75, 3.05) is 13.1 Å². The SMILES string of the molecule is [2H][C@H]1CC(=C)CN1. The molecule has 0 aromatic carbocycles. The summed E-state index contributed by atoms with van der Waals surface area (Å²) in [6.45, 7) is 4.49. The Morgan fingerprint density at radius 2 is 2.83 bits per heavy atom. The van der Waals surface area contributed by atoms with Gasteiger partial charge >= 0.3 is 0 Å². The second-order valence-electron chi connectivity index (χ2n) is 1.54. The molecule has 0 aromatic heterocycles. The van der Waals surface area contributed by atoms with Crippen molar-refractivity contribution in [1.82, 2.24) is 5.32 Å². The smallest absolute Gasteiger partial charge is 0.0431 e. The molecule has 1 nitrogen and oxygen atoms in total. The van der Waals surface area contributed by atoms with E-state index >= 15 is 0 Å². The molecular formula is C5H9N. The lowest BCUT2D eigenvalue weighted by atomic mass is 10.3. The monoisotopic (exact) mass is 84.1 g/mol. The molecule has 1 saturated heterocycles. The van der Waals surface area contributed by atoms with Crippen molar-refractivity contribution in [1.29, 1.82) is 0 Å². The van der Waals surface area contributed by atoms with Crippen molar-refractivity contribution in [2.24, 2.45) is 0 Å². The Morgan fingerprint density at radius 3 is 3.00 bits per heavy atom. The highest BCUT2D eigenvalue weighted by Gasteiger charge is 1.99. The molecule has 1 N–H and O–H groups in total. The molecule has 0 amide bonds. The standard InChI is InChI=1S/C5H9N/c1-5-2-3-6-4-5/h6H,1-4H2/i3D/t3-/m0/s1. The quantitative estimate of drug-likeness (QED) is 0.422. The van der Waals surface area contributed by atoms with Gasteiger partial charge in [-0.25, -0.2) is 0 Å². The van der Waals surface area contributed by atoms with E-state index in [1.165, 1.54) is 0 Å². The fraction of sp³-hybridized carbons (Fsp3) is 0.600. The fourth-order valence-corrected chi connectivity index (χ4v) is 0.505. The third-order valence-corrected chi connectivity index (χ3v) is 0.887. The van der Waals surface area contributed by atoms with Crippen LogP contribution in [0.2, 0.25) is 0 Å². The zero-order valence-corrected chi connectivity index (χ0v) is 3.70. The molecule has 1 aliphatic heterocycles. The van der Waals surface area contributed by atoms with E-state index in [1.54, 1.807) is 0 Å². The van der Waals surface area contributed by atoms with E-state index in [1.807, 2.05) is 0 Å². The highest BCUT2D eigenvalue weighted by Crippen LogP contribution is 1.99. The van der Waals surface area contributed by atoms with Gasteiger partial charge in [0.05, 0.1) is 0 Å². The molecule has 1 rings (SSSR count). The second-order valence-corrected chi connectivity index (χ2v) is 1.54. The lowest BCUT2D eigenvalue weighted by Gasteiger charge is -1.80. The average Bonchev–Trinajstić information content (AvgIpc) is 1.87. The van der Waals surface area contributed by atoms with Crippen LogP contribution in [0, 0.1) is 0 Å². The maximum Gasteiger partial charge on any atom is 0.0431 e. The van der Waals surface area contributed by atoms with Gasteiger partial charge in [0.25, 0.3) is 0 Å². The van der Waals surface area contributed by atoms with Gasteiger partial charge < -0.3 is 5.32 Å². The maximum atomic E-state index is 7.09. The third kappa shape index (κ3) is 0.601. The predicted molar refractivity (Wildman–Crippen MR) is 26.6 cm³/mol. The van der Waals surface area contributed by atoms with Crippen LogP contribution >= 0.6 is 0 Å². The van der Waals surface area contributed by atoms with Gasteiger partial charge in [-0.2, -0.15) is 0 Å². The summed E-state index contributed by atoms with van der Waals surface area (Å²) in [5.41, 5.74) is 1.15. The van der Waals surface area contributed by atoms with Gasteiger partial charge in [-0.05, 0) is 12.9 Å². The average molecular weight is 84.1 g/mol. The Bertz CT molecular complexity index is 90.1. The van der Waals surface area contributed by atoms with Gasteiger partial charge in [-0.1, -0.05) is 12.2 Å². The van der Waals surface area contributed by atoms with E-state index in [-0.39, 0.29) is 6.52 Å². The van der Waals surface area contributed by atoms with E-state index in [0.717, 1.165) is 18.5 Å². The Hall–Kier alpha value is -0.300. The van der Waals surface area contributed by atoms with Crippen LogP contribution in [-0.4, -0.2) is 13.1 Å². The normalized spacial score (nSPS) is 37.0. The molecular weight excluding hydrogens is 74.1 g/mol. The van der Waals surface area contributed by atoms with E-state index in [4.69, 9.17) is 1.37 Å². The largest absolute Gasteiger partial charge is 0.313 e. The summed E-state index contributed by atoms with van der Waals surface area (Å²) in [6, 6.07) is 0. The van der Waals surface area contributed by atoms with Gasteiger partial charge in [0, 0.05) is 7.92 Å². The van der Waals surface area contributed by atoms with Crippen LogP contribution in [0.4, 0.5) is 0 Å². The van der Waals surface area contributed by atoms with Crippen molar-refractivity contribution in [3.8, 4) is 0 Å². The topological polar surface area (TPSA) is 12.0 Å². The fourth-order valence-electron chi connectivity index (χ4n) is 0.505. The van der Waals surface area contributed by atoms with Crippen molar-refractivity contribution < 1.29 is 1.37 Å². The minimum Gasteiger partial charge on any atom is -0.313 e. The summed E-state index contributed by atoms with van der Waals surface area (Å²) in [6.07, 6.45) is 0.833. The maximum absolute atomic E-state index is 7.09. The highest BCUT2D eigenvalue weighted by molar-refractivity contribution is 5.01. The van der Waals surface area contributed by atoms with Crippen molar-refractivity contribution in [3.05, 3.63) is 12.2 Å². The van der Waals surface area contributed by atoms with Crippen molar-refractivity contribution in [3.63, 3.8) is 0 Å². The molecule has 0 aliphatic carbocycles. The molecule has 0 radical (unpaired) electrons. The van der Waals surface area contributed by atoms with Crippen LogP contribution in [0.25, 0.3) is 0 Å². The van der Waals surface area contributed by atoms with Crippen molar-refractivity contribution >= 4 is 0 Å². The zero-order valence-electron chi connectivity index (χ0n) is 4.70. The van der Waals surface area contributed by atoms with Crippen LogP contribution in [0.3, 0.4) is 0 Å². The molecule has 0 spiro atoms. The molecule has 34 valence electrons. The molecule has 1 fully saturated rings. The van der Waals surface area contributed by atoms with E-state index in [9.17, 15) is 0 Å². The molecule has 0 unspecified atom stereocenters. The van der Waals surface area contributed by atoms with Gasteiger partial charge in [0.15, 0.2) is 0 Å². The molecule has 0 aromatic rings. The molecule has 1 atom stereocenters. The summed E-state index contributed by atoms with van der Waals surface area (Å²) >= 11 is 0. The first kappa shape index (κ1) is 2.80. The number of hydrogen-bond acceptors (Lipinski definition) is 1. The Labute approximate surface area is 39.5 Å². The Kier molecular flexibility index (Phi) is 0.670. The van der Waals surface area contributed by atoms with Gasteiger partial charge in [0.2, 0.25) is 0 Å². The highest BCUT2D eigenvalue weighted by atomic mass is 14.9. The van der Waals surface area contributed by atoms with E-state index < -0.39 is 0 Å². The lowest BCUT2D eigenvalue weighted by molar-refractivity contribution is 0.862. The first-order valence-electron chi connectivity index (χ1n) is 2.69. The third-order valence-electron chi connectivity index (χ3n) is 0.887. The number of nitrogens with one attached hydrogen (secondary N) is 1. The van der Waals surface area contributed by atoms with Crippen molar-refractivity contribution in [2.45, 2.75) is 6.42 Å². The first-order valence-corrected chi connectivity index (χ1v) is 2.11. The predicted octanol–water partition coefficient (Wildman–Crippen LogP) is 0.536. The summed E-state index contributed by atoms with van der Waals surface area (Å²) in [4.78, 5) is 0. The van der Waals surface area contributed by atoms with Crippen LogP contribution in [-0.2, 0) is 0 Å². The van der Waals surface area contributed by atoms with Crippen LogP contribution in [0.15, 0.2) is 12.2 Å². The van der Waals surface area contributed by atoms with Crippen LogP contribution in [0.5, 0.6) is 0 Å². The van der Waals surface area contributed by atoms with Crippen LogP contribution < -0.4 is 5.32 Å². The van der Waals surface area contributed by atoms with Gasteiger partial charge in [-0.3, -0.25) is 0 Å². The molecule has 1 heterocycles. The zero-order chi connectivity index (χ0) is 5.28. The van der Waals surface area contributed by atoms with E-state index in [2.05, 4.69) is 11.9 Å². The van der Waals surface area contributed by atoms with Crippen LogP contribution in [0.1, 0.15) is 7.79 Å². The molecule has 0 saturated carbocycles. The van der Waals surface area contributed by atoms with Gasteiger partial charge in [0.1, 0.15) is 0 Å². The molecule has 1 aliphatic rings. The number of hydrogen-bond donors (Lipinski definition) is 1. The lowest BCUT2D eigenvalue weighted by Crippen LogP contribution is -2.04. The minimum absolute atomic E-state index is 0.0764. The second kappa shape index (κ2) is 1.43.